The van der Waals surface area contributed by atoms with Crippen LogP contribution in [0.25, 0.3) is 0 Å². The molecule has 0 unspecified atom stereocenters. The normalized spacial score (nSPS) is 37.9. The van der Waals surface area contributed by atoms with Crippen molar-refractivity contribution < 1.29 is 5.11 Å². The molecule has 0 heterocycles. The summed E-state index contributed by atoms with van der Waals surface area (Å²) in [6, 6.07) is 0.813. The molecule has 2 heteroatoms. The quantitative estimate of drug-likeness (QED) is 0.634. The third-order valence-electron chi connectivity index (χ3n) is 3.01. The van der Waals surface area contributed by atoms with Gasteiger partial charge >= 0.3 is 0 Å². The second kappa shape index (κ2) is 3.11. The molecule has 2 saturated carbocycles. The Bertz CT molecular complexity index is 128. The van der Waals surface area contributed by atoms with Crippen LogP contribution in [0.1, 0.15) is 32.1 Å². The Kier molecular flexibility index (Phi) is 2.14. The van der Waals surface area contributed by atoms with E-state index in [1.807, 2.05) is 0 Å². The summed E-state index contributed by atoms with van der Waals surface area (Å²) in [5, 5.41) is 12.6. The first-order chi connectivity index (χ1) is 5.34. The minimum absolute atomic E-state index is 0.0168. The molecule has 0 aliphatic heterocycles. The van der Waals surface area contributed by atoms with Gasteiger partial charge in [0.25, 0.3) is 0 Å². The molecule has 0 bridgehead atoms. The first kappa shape index (κ1) is 7.56. The van der Waals surface area contributed by atoms with E-state index in [4.69, 9.17) is 5.11 Å². The van der Waals surface area contributed by atoms with Crippen LogP contribution in [-0.2, 0) is 0 Å². The van der Waals surface area contributed by atoms with Crippen molar-refractivity contribution in [1.29, 1.82) is 0 Å². The number of hydrogen-bond donors (Lipinski definition) is 2. The van der Waals surface area contributed by atoms with Crippen LogP contribution < -0.4 is 5.32 Å². The van der Waals surface area contributed by atoms with E-state index in [0.717, 1.165) is 31.3 Å². The van der Waals surface area contributed by atoms with Gasteiger partial charge in [0.05, 0.1) is 6.10 Å². The van der Waals surface area contributed by atoms with Crippen molar-refractivity contribution in [1.82, 2.24) is 5.32 Å². The summed E-state index contributed by atoms with van der Waals surface area (Å²) in [4.78, 5) is 0. The molecular weight excluding hydrogens is 138 g/mol. The Balaban J connectivity index is 1.53. The molecule has 0 radical (unpaired) electrons. The maximum absolute atomic E-state index is 9.03. The van der Waals surface area contributed by atoms with Crippen molar-refractivity contribution in [3.8, 4) is 0 Å². The molecule has 2 rings (SSSR count). The van der Waals surface area contributed by atoms with Gasteiger partial charge in [-0.3, -0.25) is 0 Å². The van der Waals surface area contributed by atoms with Gasteiger partial charge in [-0.2, -0.15) is 0 Å². The summed E-state index contributed by atoms with van der Waals surface area (Å²) >= 11 is 0. The van der Waals surface area contributed by atoms with E-state index in [0.29, 0.717) is 0 Å². The predicted octanol–water partition coefficient (Wildman–Crippen LogP) is 0.899. The first-order valence-corrected chi connectivity index (χ1v) is 4.76. The standard InChI is InChI=1S/C9H17NO/c11-9-4-7(5-9)6-10-8-2-1-3-8/h7-11H,1-6H2. The zero-order valence-electron chi connectivity index (χ0n) is 6.92. The van der Waals surface area contributed by atoms with E-state index in [1.54, 1.807) is 0 Å². The summed E-state index contributed by atoms with van der Waals surface area (Å²) < 4.78 is 0. The van der Waals surface area contributed by atoms with E-state index < -0.39 is 0 Å². The second-order valence-corrected chi connectivity index (χ2v) is 4.03. The summed E-state index contributed by atoms with van der Waals surface area (Å²) in [5.41, 5.74) is 0. The van der Waals surface area contributed by atoms with Crippen LogP contribution >= 0.6 is 0 Å². The van der Waals surface area contributed by atoms with Crippen LogP contribution in [0.2, 0.25) is 0 Å². The molecule has 0 aromatic carbocycles. The molecule has 11 heavy (non-hydrogen) atoms. The third kappa shape index (κ3) is 1.74. The van der Waals surface area contributed by atoms with E-state index >= 15 is 0 Å². The molecule has 2 aliphatic carbocycles. The summed E-state index contributed by atoms with van der Waals surface area (Å²) in [6.07, 6.45) is 6.22. The van der Waals surface area contributed by atoms with E-state index in [2.05, 4.69) is 5.32 Å². The third-order valence-corrected chi connectivity index (χ3v) is 3.01. The van der Waals surface area contributed by atoms with Gasteiger partial charge in [0.2, 0.25) is 0 Å². The molecule has 0 amide bonds. The molecule has 0 aromatic heterocycles. The van der Waals surface area contributed by atoms with Crippen LogP contribution in [0.15, 0.2) is 0 Å². The lowest BCUT2D eigenvalue weighted by molar-refractivity contribution is 0.0405. The Morgan fingerprint density at radius 1 is 1.27 bits per heavy atom. The average Bonchev–Trinajstić information content (AvgIpc) is 1.80. The maximum atomic E-state index is 9.03. The van der Waals surface area contributed by atoms with Crippen molar-refractivity contribution in [2.45, 2.75) is 44.2 Å². The molecular formula is C9H17NO. The van der Waals surface area contributed by atoms with Crippen molar-refractivity contribution in [2.75, 3.05) is 6.54 Å². The number of nitrogens with one attached hydrogen (secondary N) is 1. The molecule has 0 aromatic rings. The van der Waals surface area contributed by atoms with E-state index in [1.165, 1.54) is 19.3 Å². The van der Waals surface area contributed by atoms with Crippen molar-refractivity contribution in [3.63, 3.8) is 0 Å². The number of aliphatic hydroxyl groups excluding tert-OH is 1. The van der Waals surface area contributed by atoms with Crippen LogP contribution in [0, 0.1) is 5.92 Å². The van der Waals surface area contributed by atoms with Crippen LogP contribution in [0.5, 0.6) is 0 Å². The predicted molar refractivity (Wildman–Crippen MR) is 44.4 cm³/mol. The van der Waals surface area contributed by atoms with Gasteiger partial charge in [-0.15, -0.1) is 0 Å². The summed E-state index contributed by atoms with van der Waals surface area (Å²) in [5.74, 6) is 0.769. The van der Waals surface area contributed by atoms with Gasteiger partial charge in [-0.25, -0.2) is 0 Å². The minimum atomic E-state index is 0.0168. The molecule has 0 atom stereocenters. The fourth-order valence-corrected chi connectivity index (χ4v) is 1.81. The molecule has 2 nitrogen and oxygen atoms in total. The monoisotopic (exact) mass is 155 g/mol. The minimum Gasteiger partial charge on any atom is -0.393 e. The highest BCUT2D eigenvalue weighted by molar-refractivity contribution is 4.83. The van der Waals surface area contributed by atoms with E-state index in [-0.39, 0.29) is 6.10 Å². The molecule has 64 valence electrons. The van der Waals surface area contributed by atoms with Crippen molar-refractivity contribution in [2.24, 2.45) is 5.92 Å². The Morgan fingerprint density at radius 3 is 2.45 bits per heavy atom. The highest BCUT2D eigenvalue weighted by atomic mass is 16.3. The highest BCUT2D eigenvalue weighted by Crippen LogP contribution is 2.27. The smallest absolute Gasteiger partial charge is 0.0546 e. The topological polar surface area (TPSA) is 32.3 Å². The van der Waals surface area contributed by atoms with Gasteiger partial charge < -0.3 is 10.4 Å². The molecule has 2 N–H and O–H groups in total. The number of hydrogen-bond acceptors (Lipinski definition) is 2. The van der Waals surface area contributed by atoms with E-state index in [9.17, 15) is 0 Å². The van der Waals surface area contributed by atoms with Gasteiger partial charge in [-0.1, -0.05) is 6.42 Å². The highest BCUT2D eigenvalue weighted by Gasteiger charge is 2.28. The zero-order chi connectivity index (χ0) is 7.68. The summed E-state index contributed by atoms with van der Waals surface area (Å²) in [7, 11) is 0. The molecule has 0 spiro atoms. The van der Waals surface area contributed by atoms with Crippen molar-refractivity contribution >= 4 is 0 Å². The fraction of sp³-hybridized carbons (Fsp3) is 1.00. The lowest BCUT2D eigenvalue weighted by Gasteiger charge is -2.35. The van der Waals surface area contributed by atoms with Crippen LogP contribution in [0.3, 0.4) is 0 Å². The van der Waals surface area contributed by atoms with Crippen LogP contribution in [0.4, 0.5) is 0 Å². The van der Waals surface area contributed by atoms with Crippen molar-refractivity contribution in [3.05, 3.63) is 0 Å². The molecule has 2 aliphatic rings. The average molecular weight is 155 g/mol. The Morgan fingerprint density at radius 2 is 2.00 bits per heavy atom. The maximum Gasteiger partial charge on any atom is 0.0546 e. The number of rotatable bonds is 3. The fourth-order valence-electron chi connectivity index (χ4n) is 1.81. The molecule has 0 saturated heterocycles. The largest absolute Gasteiger partial charge is 0.393 e. The second-order valence-electron chi connectivity index (χ2n) is 4.03. The zero-order valence-corrected chi connectivity index (χ0v) is 6.92. The SMILES string of the molecule is OC1CC(CNC2CCC2)C1. The van der Waals surface area contributed by atoms with Gasteiger partial charge in [0.15, 0.2) is 0 Å². The molecule has 2 fully saturated rings. The van der Waals surface area contributed by atoms with Crippen LogP contribution in [-0.4, -0.2) is 23.8 Å². The van der Waals surface area contributed by atoms with Gasteiger partial charge in [-0.05, 0) is 38.1 Å². The Labute approximate surface area is 68.0 Å². The van der Waals surface area contributed by atoms with Gasteiger partial charge in [0, 0.05) is 6.04 Å². The number of aliphatic hydroxyl groups is 1. The first-order valence-electron chi connectivity index (χ1n) is 4.76. The lowest BCUT2D eigenvalue weighted by Crippen LogP contribution is -2.42. The van der Waals surface area contributed by atoms with Gasteiger partial charge in [0.1, 0.15) is 0 Å². The lowest BCUT2D eigenvalue weighted by atomic mass is 9.82. The Hall–Kier alpha value is -0.0800. The summed E-state index contributed by atoms with van der Waals surface area (Å²) in [6.45, 7) is 1.14.